The zero-order valence-corrected chi connectivity index (χ0v) is 13.7. The first-order valence-electron chi connectivity index (χ1n) is 6.64. The molecule has 0 radical (unpaired) electrons. The molecule has 0 aliphatic carbocycles. The van der Waals surface area contributed by atoms with Gasteiger partial charge in [-0.1, -0.05) is 36.4 Å². The molecule has 3 aromatic rings. The van der Waals surface area contributed by atoms with Crippen LogP contribution in [0, 0.1) is 10.5 Å². The van der Waals surface area contributed by atoms with E-state index in [4.69, 9.17) is 5.73 Å². The fraction of sp³-hybridized carbons (Fsp3) is 0.125. The highest BCUT2D eigenvalue weighted by Gasteiger charge is 2.22. The summed E-state index contributed by atoms with van der Waals surface area (Å²) in [5, 5.41) is 4.61. The third kappa shape index (κ3) is 2.65. The van der Waals surface area contributed by atoms with E-state index in [9.17, 15) is 0 Å². The van der Waals surface area contributed by atoms with Crippen LogP contribution in [0.15, 0.2) is 54.7 Å². The third-order valence-electron chi connectivity index (χ3n) is 3.37. The minimum absolute atomic E-state index is 0.116. The maximum absolute atomic E-state index is 6.24. The first-order chi connectivity index (χ1) is 10.2. The maximum atomic E-state index is 6.24. The van der Waals surface area contributed by atoms with E-state index in [1.807, 2.05) is 48.0 Å². The number of aromatic nitrogens is 3. The molecule has 1 aromatic carbocycles. The SMILES string of the molecule is Cc1nn(C(c2ccccc2)c2ccccn2)c(N)c1I. The lowest BCUT2D eigenvalue weighted by Gasteiger charge is -2.19. The van der Waals surface area contributed by atoms with E-state index in [0.717, 1.165) is 20.5 Å². The second-order valence-corrected chi connectivity index (χ2v) is 5.88. The van der Waals surface area contributed by atoms with E-state index in [2.05, 4.69) is 44.8 Å². The van der Waals surface area contributed by atoms with Crippen LogP contribution in [0.4, 0.5) is 5.82 Å². The number of hydrogen-bond acceptors (Lipinski definition) is 3. The molecule has 0 saturated heterocycles. The maximum Gasteiger partial charge on any atom is 0.136 e. The minimum Gasteiger partial charge on any atom is -0.383 e. The molecular formula is C16H15IN4. The van der Waals surface area contributed by atoms with Gasteiger partial charge in [0.1, 0.15) is 11.9 Å². The molecule has 106 valence electrons. The number of anilines is 1. The molecule has 4 nitrogen and oxygen atoms in total. The van der Waals surface area contributed by atoms with E-state index in [1.54, 1.807) is 6.20 Å². The van der Waals surface area contributed by atoms with Gasteiger partial charge in [-0.25, -0.2) is 4.68 Å². The summed E-state index contributed by atoms with van der Waals surface area (Å²) >= 11 is 2.23. The fourth-order valence-electron chi connectivity index (χ4n) is 2.35. The van der Waals surface area contributed by atoms with Crippen molar-refractivity contribution < 1.29 is 0 Å². The summed E-state index contributed by atoms with van der Waals surface area (Å²) in [6.07, 6.45) is 1.79. The van der Waals surface area contributed by atoms with Gasteiger partial charge in [-0.3, -0.25) is 4.98 Å². The Kier molecular flexibility index (Phi) is 3.92. The van der Waals surface area contributed by atoms with Crippen molar-refractivity contribution in [3.05, 3.63) is 75.2 Å². The number of hydrogen-bond donors (Lipinski definition) is 1. The Bertz CT molecular complexity index is 698. The van der Waals surface area contributed by atoms with Crippen LogP contribution in [0.5, 0.6) is 0 Å². The van der Waals surface area contributed by atoms with Crippen molar-refractivity contribution in [3.8, 4) is 0 Å². The Morgan fingerprint density at radius 1 is 1.10 bits per heavy atom. The van der Waals surface area contributed by atoms with E-state index in [0.29, 0.717) is 5.82 Å². The van der Waals surface area contributed by atoms with Crippen molar-refractivity contribution in [1.82, 2.24) is 14.8 Å². The van der Waals surface area contributed by atoms with Gasteiger partial charge in [-0.2, -0.15) is 5.10 Å². The molecular weight excluding hydrogens is 375 g/mol. The summed E-state index contributed by atoms with van der Waals surface area (Å²) in [6, 6.07) is 16.0. The Hall–Kier alpha value is -1.89. The van der Waals surface area contributed by atoms with Gasteiger partial charge in [0.15, 0.2) is 0 Å². The first-order valence-corrected chi connectivity index (χ1v) is 7.72. The molecule has 0 spiro atoms. The van der Waals surface area contributed by atoms with Gasteiger partial charge in [0.25, 0.3) is 0 Å². The van der Waals surface area contributed by atoms with Gasteiger partial charge in [-0.15, -0.1) is 0 Å². The highest BCUT2D eigenvalue weighted by molar-refractivity contribution is 14.1. The van der Waals surface area contributed by atoms with Gasteiger partial charge in [0.2, 0.25) is 0 Å². The molecule has 0 fully saturated rings. The zero-order chi connectivity index (χ0) is 14.8. The van der Waals surface area contributed by atoms with Crippen molar-refractivity contribution in [1.29, 1.82) is 0 Å². The normalized spacial score (nSPS) is 12.3. The molecule has 0 saturated carbocycles. The second kappa shape index (κ2) is 5.85. The number of benzene rings is 1. The summed E-state index contributed by atoms with van der Waals surface area (Å²) < 4.78 is 2.85. The summed E-state index contributed by atoms with van der Waals surface area (Å²) in [6.45, 7) is 1.97. The number of halogens is 1. The Morgan fingerprint density at radius 2 is 1.81 bits per heavy atom. The van der Waals surface area contributed by atoms with E-state index in [-0.39, 0.29) is 6.04 Å². The lowest BCUT2D eigenvalue weighted by atomic mass is 10.0. The molecule has 2 aromatic heterocycles. The highest BCUT2D eigenvalue weighted by Crippen LogP contribution is 2.30. The standard InChI is InChI=1S/C16H15IN4/c1-11-14(17)16(18)21(20-11)15(12-7-3-2-4-8-12)13-9-5-6-10-19-13/h2-10,15H,18H2,1H3. The number of rotatable bonds is 3. The zero-order valence-electron chi connectivity index (χ0n) is 11.6. The fourth-order valence-corrected chi connectivity index (χ4v) is 2.71. The Balaban J connectivity index is 2.20. The number of nitrogens with zero attached hydrogens (tertiary/aromatic N) is 3. The summed E-state index contributed by atoms with van der Waals surface area (Å²) in [7, 11) is 0. The summed E-state index contributed by atoms with van der Waals surface area (Å²) in [5.74, 6) is 0.674. The average molecular weight is 390 g/mol. The molecule has 3 rings (SSSR count). The molecule has 1 unspecified atom stereocenters. The third-order valence-corrected chi connectivity index (χ3v) is 4.71. The van der Waals surface area contributed by atoms with E-state index >= 15 is 0 Å². The van der Waals surface area contributed by atoms with Crippen LogP contribution in [0.25, 0.3) is 0 Å². The van der Waals surface area contributed by atoms with Crippen LogP contribution in [-0.4, -0.2) is 14.8 Å². The second-order valence-electron chi connectivity index (χ2n) is 4.80. The van der Waals surface area contributed by atoms with Gasteiger partial charge in [-0.05, 0) is 47.2 Å². The predicted octanol–water partition coefficient (Wildman–Crippen LogP) is 3.41. The molecule has 0 bridgehead atoms. The quantitative estimate of drug-likeness (QED) is 0.698. The van der Waals surface area contributed by atoms with Crippen molar-refractivity contribution in [3.63, 3.8) is 0 Å². The smallest absolute Gasteiger partial charge is 0.136 e. The first kappa shape index (κ1) is 14.1. The van der Waals surface area contributed by atoms with Crippen molar-refractivity contribution in [2.75, 3.05) is 5.73 Å². The minimum atomic E-state index is -0.116. The highest BCUT2D eigenvalue weighted by atomic mass is 127. The Labute approximate surface area is 137 Å². The molecule has 2 N–H and O–H groups in total. The van der Waals surface area contributed by atoms with Gasteiger partial charge in [0.05, 0.1) is 15.0 Å². The largest absolute Gasteiger partial charge is 0.383 e. The molecule has 0 aliphatic heterocycles. The topological polar surface area (TPSA) is 56.7 Å². The van der Waals surface area contributed by atoms with Crippen LogP contribution < -0.4 is 5.73 Å². The van der Waals surface area contributed by atoms with Crippen LogP contribution >= 0.6 is 22.6 Å². The van der Waals surface area contributed by atoms with Crippen LogP contribution in [0.1, 0.15) is 23.0 Å². The molecule has 2 heterocycles. The number of aryl methyl sites for hydroxylation is 1. The molecule has 1 atom stereocenters. The van der Waals surface area contributed by atoms with E-state index < -0.39 is 0 Å². The average Bonchev–Trinajstić information content (AvgIpc) is 2.78. The number of nitrogens with two attached hydrogens (primary N) is 1. The number of nitrogen functional groups attached to an aromatic ring is 1. The molecule has 5 heteroatoms. The van der Waals surface area contributed by atoms with Crippen LogP contribution in [0.3, 0.4) is 0 Å². The molecule has 0 aliphatic rings. The summed E-state index contributed by atoms with van der Waals surface area (Å²) in [4.78, 5) is 4.49. The lowest BCUT2D eigenvalue weighted by molar-refractivity contribution is 0.586. The monoisotopic (exact) mass is 390 g/mol. The lowest BCUT2D eigenvalue weighted by Crippen LogP contribution is -2.17. The molecule has 21 heavy (non-hydrogen) atoms. The molecule has 0 amide bonds. The van der Waals surface area contributed by atoms with Crippen molar-refractivity contribution >= 4 is 28.4 Å². The van der Waals surface area contributed by atoms with Gasteiger partial charge >= 0.3 is 0 Å². The Morgan fingerprint density at radius 3 is 2.38 bits per heavy atom. The summed E-state index contributed by atoms with van der Waals surface area (Å²) in [5.41, 5.74) is 9.22. The van der Waals surface area contributed by atoms with Gasteiger partial charge < -0.3 is 5.73 Å². The van der Waals surface area contributed by atoms with Gasteiger partial charge in [0, 0.05) is 6.20 Å². The van der Waals surface area contributed by atoms with E-state index in [1.165, 1.54) is 0 Å². The van der Waals surface area contributed by atoms with Crippen molar-refractivity contribution in [2.24, 2.45) is 0 Å². The van der Waals surface area contributed by atoms with Crippen molar-refractivity contribution in [2.45, 2.75) is 13.0 Å². The van der Waals surface area contributed by atoms with Crippen LogP contribution in [0.2, 0.25) is 0 Å². The number of pyridine rings is 1. The predicted molar refractivity (Wildman–Crippen MR) is 92.0 cm³/mol. The van der Waals surface area contributed by atoms with Crippen LogP contribution in [-0.2, 0) is 0 Å².